The molecule has 1 heterocycles. The highest BCUT2D eigenvalue weighted by molar-refractivity contribution is 7.92. The topological polar surface area (TPSA) is 118 Å². The highest BCUT2D eigenvalue weighted by Gasteiger charge is 2.23. The van der Waals surface area contributed by atoms with Crippen LogP contribution in [-0.2, 0) is 10.0 Å². The fraction of sp³-hybridized carbons (Fsp3) is 0.182. The Labute approximate surface area is 186 Å². The van der Waals surface area contributed by atoms with Gasteiger partial charge in [0.15, 0.2) is 0 Å². The van der Waals surface area contributed by atoms with Crippen molar-refractivity contribution in [3.8, 4) is 5.75 Å². The fourth-order valence-corrected chi connectivity index (χ4v) is 4.24. The summed E-state index contributed by atoms with van der Waals surface area (Å²) >= 11 is 0. The van der Waals surface area contributed by atoms with E-state index in [9.17, 15) is 18.0 Å². The van der Waals surface area contributed by atoms with Crippen molar-refractivity contribution in [3.63, 3.8) is 0 Å². The molecule has 0 atom stereocenters. The second-order valence-electron chi connectivity index (χ2n) is 6.93. The van der Waals surface area contributed by atoms with E-state index in [1.54, 1.807) is 44.2 Å². The smallest absolute Gasteiger partial charge is 0.273 e. The average Bonchev–Trinajstić information content (AvgIpc) is 3.14. The normalized spacial score (nSPS) is 11.0. The van der Waals surface area contributed by atoms with Crippen LogP contribution in [0.3, 0.4) is 0 Å². The minimum Gasteiger partial charge on any atom is -0.497 e. The van der Waals surface area contributed by atoms with Crippen molar-refractivity contribution >= 4 is 27.5 Å². The van der Waals surface area contributed by atoms with E-state index < -0.39 is 21.8 Å². The van der Waals surface area contributed by atoms with E-state index in [0.29, 0.717) is 28.5 Å². The van der Waals surface area contributed by atoms with Gasteiger partial charge in [-0.3, -0.25) is 24.7 Å². The molecule has 0 spiro atoms. The maximum absolute atomic E-state index is 13.0. The molecule has 2 amide bonds. The lowest BCUT2D eigenvalue weighted by Gasteiger charge is -2.20. The summed E-state index contributed by atoms with van der Waals surface area (Å²) in [5, 5.41) is 0. The standard InChI is InChI=1S/C22H23N3O6S/c1-14-12-20(15(2)31-14)22(27)24-23-21(26)16-6-5-7-19(13-16)32(28,29)25(3)17-8-10-18(30-4)11-9-17/h5-13H,1-4H3,(H,23,26)(H,24,27). The number of nitrogens with one attached hydrogen (secondary N) is 2. The Hall–Kier alpha value is -3.79. The van der Waals surface area contributed by atoms with Crippen molar-refractivity contribution in [2.75, 3.05) is 18.5 Å². The van der Waals surface area contributed by atoms with Crippen molar-refractivity contribution in [1.82, 2.24) is 10.9 Å². The summed E-state index contributed by atoms with van der Waals surface area (Å²) in [7, 11) is -0.996. The number of hydrogen-bond acceptors (Lipinski definition) is 6. The van der Waals surface area contributed by atoms with Crippen LogP contribution in [0.15, 0.2) is 63.9 Å². The molecule has 0 fully saturated rings. The molecule has 10 heteroatoms. The predicted molar refractivity (Wildman–Crippen MR) is 118 cm³/mol. The minimum absolute atomic E-state index is 0.0644. The highest BCUT2D eigenvalue weighted by Crippen LogP contribution is 2.24. The molecule has 3 aromatic rings. The van der Waals surface area contributed by atoms with Crippen LogP contribution in [0.25, 0.3) is 0 Å². The van der Waals surface area contributed by atoms with Crippen LogP contribution in [0.4, 0.5) is 5.69 Å². The number of ether oxygens (including phenoxy) is 1. The number of hydrazine groups is 1. The van der Waals surface area contributed by atoms with Gasteiger partial charge in [-0.2, -0.15) is 0 Å². The van der Waals surface area contributed by atoms with Crippen molar-refractivity contribution in [2.45, 2.75) is 18.7 Å². The number of methoxy groups -OCH3 is 1. The Morgan fingerprint density at radius 2 is 1.62 bits per heavy atom. The first kappa shape index (κ1) is 22.9. The monoisotopic (exact) mass is 457 g/mol. The molecule has 0 aliphatic carbocycles. The summed E-state index contributed by atoms with van der Waals surface area (Å²) in [5.41, 5.74) is 5.37. The Morgan fingerprint density at radius 3 is 2.22 bits per heavy atom. The number of sulfonamides is 1. The molecule has 0 radical (unpaired) electrons. The number of anilines is 1. The van der Waals surface area contributed by atoms with Gasteiger partial charge in [0.05, 0.1) is 23.3 Å². The molecule has 0 saturated carbocycles. The maximum Gasteiger partial charge on any atom is 0.273 e. The van der Waals surface area contributed by atoms with Crippen LogP contribution in [0.5, 0.6) is 5.75 Å². The van der Waals surface area contributed by atoms with Gasteiger partial charge in [-0.25, -0.2) is 8.42 Å². The quantitative estimate of drug-likeness (QED) is 0.550. The predicted octanol–water partition coefficient (Wildman–Crippen LogP) is 2.80. The zero-order chi connectivity index (χ0) is 23.5. The number of aryl methyl sites for hydroxylation is 2. The number of amides is 2. The lowest BCUT2D eigenvalue weighted by molar-refractivity contribution is 0.0845. The lowest BCUT2D eigenvalue weighted by atomic mass is 10.2. The number of carbonyl (C=O) groups is 2. The third kappa shape index (κ3) is 4.75. The number of furan rings is 1. The molecule has 0 aliphatic heterocycles. The Kier molecular flexibility index (Phi) is 6.54. The molecule has 2 N–H and O–H groups in total. The van der Waals surface area contributed by atoms with Gasteiger partial charge < -0.3 is 9.15 Å². The molecule has 168 valence electrons. The summed E-state index contributed by atoms with van der Waals surface area (Å²) < 4.78 is 37.6. The van der Waals surface area contributed by atoms with Gasteiger partial charge in [-0.1, -0.05) is 6.07 Å². The van der Waals surface area contributed by atoms with Crippen LogP contribution in [0.2, 0.25) is 0 Å². The largest absolute Gasteiger partial charge is 0.497 e. The van der Waals surface area contributed by atoms with Crippen LogP contribution in [0, 0.1) is 13.8 Å². The second kappa shape index (κ2) is 9.15. The molecular weight excluding hydrogens is 434 g/mol. The zero-order valence-electron chi connectivity index (χ0n) is 18.0. The van der Waals surface area contributed by atoms with Crippen LogP contribution in [-0.4, -0.2) is 34.4 Å². The number of hydrogen-bond donors (Lipinski definition) is 2. The van der Waals surface area contributed by atoms with E-state index >= 15 is 0 Å². The molecule has 9 nitrogen and oxygen atoms in total. The van der Waals surface area contributed by atoms with E-state index in [0.717, 1.165) is 4.31 Å². The van der Waals surface area contributed by atoms with Crippen LogP contribution in [0.1, 0.15) is 32.2 Å². The van der Waals surface area contributed by atoms with Gasteiger partial charge >= 0.3 is 0 Å². The van der Waals surface area contributed by atoms with Gasteiger partial charge in [-0.05, 0) is 62.4 Å². The van der Waals surface area contributed by atoms with E-state index in [1.165, 1.54) is 38.4 Å². The molecular formula is C22H23N3O6S. The van der Waals surface area contributed by atoms with Crippen molar-refractivity contribution < 1.29 is 27.2 Å². The fourth-order valence-electron chi connectivity index (χ4n) is 3.00. The molecule has 3 rings (SSSR count). The van der Waals surface area contributed by atoms with Gasteiger partial charge in [0.2, 0.25) is 0 Å². The molecule has 0 bridgehead atoms. The molecule has 2 aromatic carbocycles. The molecule has 1 aromatic heterocycles. The van der Waals surface area contributed by atoms with Gasteiger partial charge in [-0.15, -0.1) is 0 Å². The van der Waals surface area contributed by atoms with Crippen molar-refractivity contribution in [3.05, 3.63) is 77.2 Å². The Morgan fingerprint density at radius 1 is 0.969 bits per heavy atom. The van der Waals surface area contributed by atoms with Gasteiger partial charge in [0.25, 0.3) is 21.8 Å². The third-order valence-electron chi connectivity index (χ3n) is 4.77. The number of carbonyl (C=O) groups excluding carboxylic acids is 2. The molecule has 0 aliphatic rings. The van der Waals surface area contributed by atoms with Crippen LogP contribution < -0.4 is 19.9 Å². The molecule has 32 heavy (non-hydrogen) atoms. The number of nitrogens with zero attached hydrogens (tertiary/aromatic N) is 1. The van der Waals surface area contributed by atoms with Crippen molar-refractivity contribution in [2.24, 2.45) is 0 Å². The second-order valence-corrected chi connectivity index (χ2v) is 8.90. The molecule has 0 saturated heterocycles. The van der Waals surface area contributed by atoms with Gasteiger partial charge in [0, 0.05) is 12.6 Å². The van der Waals surface area contributed by atoms with E-state index in [-0.39, 0.29) is 10.5 Å². The first-order valence-corrected chi connectivity index (χ1v) is 11.0. The summed E-state index contributed by atoms with van der Waals surface area (Å²) in [6.07, 6.45) is 0. The third-order valence-corrected chi connectivity index (χ3v) is 6.55. The van der Waals surface area contributed by atoms with Crippen LogP contribution >= 0.6 is 0 Å². The maximum atomic E-state index is 13.0. The number of rotatable bonds is 6. The highest BCUT2D eigenvalue weighted by atomic mass is 32.2. The summed E-state index contributed by atoms with van der Waals surface area (Å²) in [6.45, 7) is 3.34. The van der Waals surface area contributed by atoms with E-state index in [1.807, 2.05) is 0 Å². The first-order chi connectivity index (χ1) is 15.1. The lowest BCUT2D eigenvalue weighted by Crippen LogP contribution is -2.41. The van der Waals surface area contributed by atoms with Crippen molar-refractivity contribution in [1.29, 1.82) is 0 Å². The Bertz CT molecular complexity index is 1250. The Balaban J connectivity index is 1.75. The number of benzene rings is 2. The van der Waals surface area contributed by atoms with E-state index in [4.69, 9.17) is 9.15 Å². The summed E-state index contributed by atoms with van der Waals surface area (Å²) in [5.74, 6) is 0.374. The minimum atomic E-state index is -3.93. The zero-order valence-corrected chi connectivity index (χ0v) is 18.8. The van der Waals surface area contributed by atoms with E-state index in [2.05, 4.69) is 10.9 Å². The summed E-state index contributed by atoms with van der Waals surface area (Å²) in [4.78, 5) is 24.7. The first-order valence-electron chi connectivity index (χ1n) is 9.54. The molecule has 0 unspecified atom stereocenters. The SMILES string of the molecule is COc1ccc(N(C)S(=O)(=O)c2cccc(C(=O)NNC(=O)c3cc(C)oc3C)c2)cc1. The summed E-state index contributed by atoms with van der Waals surface area (Å²) in [6, 6.07) is 13.6. The van der Waals surface area contributed by atoms with Gasteiger partial charge in [0.1, 0.15) is 17.3 Å². The average molecular weight is 458 g/mol.